The number of carboxylic acids is 1. The van der Waals surface area contributed by atoms with Gasteiger partial charge in [0.2, 0.25) is 0 Å². The van der Waals surface area contributed by atoms with Crippen molar-refractivity contribution in [3.8, 4) is 0 Å². The van der Waals surface area contributed by atoms with Crippen molar-refractivity contribution in [3.63, 3.8) is 0 Å². The summed E-state index contributed by atoms with van der Waals surface area (Å²) in [6.45, 7) is 4.92. The molecule has 1 aromatic carbocycles. The van der Waals surface area contributed by atoms with Gasteiger partial charge >= 0.3 is 5.97 Å². The molecule has 0 fully saturated rings. The van der Waals surface area contributed by atoms with Gasteiger partial charge in [-0.3, -0.25) is 14.4 Å². The van der Waals surface area contributed by atoms with Gasteiger partial charge in [-0.25, -0.2) is 4.39 Å². The van der Waals surface area contributed by atoms with E-state index in [0.29, 0.717) is 23.2 Å². The molecule has 2 aromatic rings. The summed E-state index contributed by atoms with van der Waals surface area (Å²) in [4.78, 5) is 38.7. The third-order valence-electron chi connectivity index (χ3n) is 4.25. The lowest BCUT2D eigenvalue weighted by atomic mass is 10.0. The first kappa shape index (κ1) is 20.6. The van der Waals surface area contributed by atoms with E-state index in [1.807, 2.05) is 6.92 Å². The number of Topliss-reactive ketones (excluding diaryl/α,β-unsaturated/α-hetero) is 1. The van der Waals surface area contributed by atoms with Gasteiger partial charge in [0.1, 0.15) is 11.5 Å². The zero-order valence-corrected chi connectivity index (χ0v) is 15.9. The predicted molar refractivity (Wildman–Crippen MR) is 98.8 cm³/mol. The van der Waals surface area contributed by atoms with E-state index in [4.69, 9.17) is 16.7 Å². The standard InChI is InChI=1S/C19H20ClFN2O4/c1-4-12-17(10(3)24)9(2)22-18(12)19(27)23-15(8-16(25)26)11-5-6-13(20)14(21)7-11/h5-7,15,22H,4,8H2,1-3H3,(H,23,27)(H,25,26). The average molecular weight is 395 g/mol. The Hall–Kier alpha value is -2.67. The number of aliphatic carboxylic acids is 1. The summed E-state index contributed by atoms with van der Waals surface area (Å²) in [5.74, 6) is -2.59. The second-order valence-corrected chi connectivity index (χ2v) is 6.59. The van der Waals surface area contributed by atoms with Gasteiger partial charge in [-0.1, -0.05) is 24.6 Å². The molecule has 0 aliphatic rings. The Morgan fingerprint density at radius 2 is 2.00 bits per heavy atom. The van der Waals surface area contributed by atoms with Gasteiger partial charge in [0, 0.05) is 11.3 Å². The molecule has 0 aliphatic heterocycles. The molecule has 0 bridgehead atoms. The maximum absolute atomic E-state index is 13.8. The molecule has 1 unspecified atom stereocenters. The number of hydrogen-bond acceptors (Lipinski definition) is 3. The Kier molecular flexibility index (Phi) is 6.38. The van der Waals surface area contributed by atoms with Crippen molar-refractivity contribution in [1.29, 1.82) is 0 Å². The van der Waals surface area contributed by atoms with Gasteiger partial charge in [0.05, 0.1) is 17.5 Å². The zero-order valence-electron chi connectivity index (χ0n) is 15.2. The third kappa shape index (κ3) is 4.54. The lowest BCUT2D eigenvalue weighted by Gasteiger charge is -2.18. The largest absolute Gasteiger partial charge is 0.481 e. The Morgan fingerprint density at radius 1 is 1.33 bits per heavy atom. The highest BCUT2D eigenvalue weighted by Crippen LogP contribution is 2.25. The van der Waals surface area contributed by atoms with E-state index in [1.165, 1.54) is 19.1 Å². The fourth-order valence-corrected chi connectivity index (χ4v) is 3.20. The second kappa shape index (κ2) is 8.35. The molecule has 0 spiro atoms. The van der Waals surface area contributed by atoms with Crippen LogP contribution in [0.25, 0.3) is 0 Å². The summed E-state index contributed by atoms with van der Waals surface area (Å²) in [5.41, 5.74) is 2.06. The van der Waals surface area contributed by atoms with Crippen molar-refractivity contribution in [2.45, 2.75) is 39.7 Å². The van der Waals surface area contributed by atoms with Crippen LogP contribution in [0.15, 0.2) is 18.2 Å². The van der Waals surface area contributed by atoms with E-state index in [1.54, 1.807) is 6.92 Å². The molecule has 0 aliphatic carbocycles. The van der Waals surface area contributed by atoms with E-state index in [2.05, 4.69) is 10.3 Å². The molecule has 1 amide bonds. The number of carboxylic acid groups (broad SMARTS) is 1. The molecule has 27 heavy (non-hydrogen) atoms. The lowest BCUT2D eigenvalue weighted by Crippen LogP contribution is -2.31. The summed E-state index contributed by atoms with van der Waals surface area (Å²) in [6, 6.07) is 2.90. The highest BCUT2D eigenvalue weighted by atomic mass is 35.5. The van der Waals surface area contributed by atoms with Crippen LogP contribution in [0.1, 0.15) is 64.0 Å². The van der Waals surface area contributed by atoms with Crippen molar-refractivity contribution in [3.05, 3.63) is 57.1 Å². The minimum atomic E-state index is -1.15. The Labute approximate surface area is 160 Å². The summed E-state index contributed by atoms with van der Waals surface area (Å²) in [7, 11) is 0. The summed E-state index contributed by atoms with van der Waals surface area (Å²) in [5, 5.41) is 11.7. The quantitative estimate of drug-likeness (QED) is 0.621. The maximum atomic E-state index is 13.8. The number of aryl methyl sites for hydroxylation is 1. The van der Waals surface area contributed by atoms with Crippen molar-refractivity contribution in [1.82, 2.24) is 10.3 Å². The number of ketones is 1. The highest BCUT2D eigenvalue weighted by molar-refractivity contribution is 6.30. The molecule has 1 aromatic heterocycles. The van der Waals surface area contributed by atoms with Crippen LogP contribution in [0.4, 0.5) is 4.39 Å². The van der Waals surface area contributed by atoms with Crippen molar-refractivity contribution < 1.29 is 23.9 Å². The van der Waals surface area contributed by atoms with Gasteiger partial charge in [0.15, 0.2) is 5.78 Å². The number of H-pyrrole nitrogens is 1. The highest BCUT2D eigenvalue weighted by Gasteiger charge is 2.25. The van der Waals surface area contributed by atoms with E-state index < -0.39 is 30.2 Å². The molecule has 0 saturated heterocycles. The molecule has 6 nitrogen and oxygen atoms in total. The van der Waals surface area contributed by atoms with Crippen molar-refractivity contribution in [2.24, 2.45) is 0 Å². The number of hydrogen-bond donors (Lipinski definition) is 3. The molecule has 0 saturated carbocycles. The molecule has 1 atom stereocenters. The van der Waals surface area contributed by atoms with Gasteiger partial charge in [0.25, 0.3) is 5.91 Å². The van der Waals surface area contributed by atoms with E-state index in [-0.39, 0.29) is 22.1 Å². The Balaban J connectivity index is 2.39. The maximum Gasteiger partial charge on any atom is 0.305 e. The normalized spacial score (nSPS) is 11.9. The summed E-state index contributed by atoms with van der Waals surface area (Å²) < 4.78 is 13.8. The fraction of sp³-hybridized carbons (Fsp3) is 0.316. The van der Waals surface area contributed by atoms with Gasteiger partial charge in [-0.2, -0.15) is 0 Å². The molecule has 3 N–H and O–H groups in total. The van der Waals surface area contributed by atoms with E-state index in [9.17, 15) is 18.8 Å². The zero-order chi connectivity index (χ0) is 20.3. The molecule has 2 rings (SSSR count). The van der Waals surface area contributed by atoms with Crippen LogP contribution in [0.5, 0.6) is 0 Å². The summed E-state index contributed by atoms with van der Waals surface area (Å²) in [6.07, 6.45) is 0.00863. The minimum Gasteiger partial charge on any atom is -0.481 e. The van der Waals surface area contributed by atoms with Crippen LogP contribution in [-0.2, 0) is 11.2 Å². The number of carbonyl (C=O) groups excluding carboxylic acids is 2. The second-order valence-electron chi connectivity index (χ2n) is 6.19. The molecular weight excluding hydrogens is 375 g/mol. The number of carbonyl (C=O) groups is 3. The number of benzene rings is 1. The number of aromatic nitrogens is 1. The number of rotatable bonds is 7. The predicted octanol–water partition coefficient (Wildman–Crippen LogP) is 3.83. The summed E-state index contributed by atoms with van der Waals surface area (Å²) >= 11 is 5.67. The fourth-order valence-electron chi connectivity index (χ4n) is 3.09. The van der Waals surface area contributed by atoms with Crippen molar-refractivity contribution >= 4 is 29.3 Å². The third-order valence-corrected chi connectivity index (χ3v) is 4.56. The smallest absolute Gasteiger partial charge is 0.305 e. The lowest BCUT2D eigenvalue weighted by molar-refractivity contribution is -0.137. The van der Waals surface area contributed by atoms with Gasteiger partial charge in [-0.05, 0) is 43.5 Å². The molecule has 0 radical (unpaired) electrons. The first-order valence-corrected chi connectivity index (χ1v) is 8.73. The molecule has 1 heterocycles. The monoisotopic (exact) mass is 394 g/mol. The van der Waals surface area contributed by atoms with Crippen LogP contribution in [0, 0.1) is 12.7 Å². The minimum absolute atomic E-state index is 0.0986. The van der Waals surface area contributed by atoms with Crippen LogP contribution in [0.3, 0.4) is 0 Å². The molecular formula is C19H20ClFN2O4. The van der Waals surface area contributed by atoms with Gasteiger partial charge in [-0.15, -0.1) is 0 Å². The van der Waals surface area contributed by atoms with Crippen LogP contribution in [-0.4, -0.2) is 27.8 Å². The Morgan fingerprint density at radius 3 is 2.52 bits per heavy atom. The number of amides is 1. The van der Waals surface area contributed by atoms with Crippen molar-refractivity contribution in [2.75, 3.05) is 0 Å². The van der Waals surface area contributed by atoms with Gasteiger partial charge < -0.3 is 15.4 Å². The number of halogens is 2. The molecule has 8 heteroatoms. The van der Waals surface area contributed by atoms with E-state index in [0.717, 1.165) is 6.07 Å². The number of nitrogens with one attached hydrogen (secondary N) is 2. The van der Waals surface area contributed by atoms with E-state index >= 15 is 0 Å². The first-order chi connectivity index (χ1) is 12.6. The van der Waals surface area contributed by atoms with Crippen LogP contribution < -0.4 is 5.32 Å². The topological polar surface area (TPSA) is 99.3 Å². The van der Waals surface area contributed by atoms with Crippen LogP contribution >= 0.6 is 11.6 Å². The molecule has 144 valence electrons. The SMILES string of the molecule is CCc1c(C(=O)NC(CC(=O)O)c2ccc(Cl)c(F)c2)[nH]c(C)c1C(C)=O. The van der Waals surface area contributed by atoms with Crippen LogP contribution in [0.2, 0.25) is 5.02 Å². The Bertz CT molecular complexity index is 907. The first-order valence-electron chi connectivity index (χ1n) is 8.35. The average Bonchev–Trinajstić information content (AvgIpc) is 2.93. The number of aromatic amines is 1.